The van der Waals surface area contributed by atoms with Gasteiger partial charge in [0.05, 0.1) is 18.4 Å². The maximum Gasteiger partial charge on any atom is 0.416 e. The lowest BCUT2D eigenvalue weighted by molar-refractivity contribution is -0.137. The zero-order chi connectivity index (χ0) is 11.6. The Hall–Kier alpha value is -0.810. The molecule has 0 saturated heterocycles. The number of benzene rings is 1. The lowest BCUT2D eigenvalue weighted by atomic mass is 10.2. The molecule has 7 heteroatoms. The van der Waals surface area contributed by atoms with Crippen LogP contribution < -0.4 is 8.67 Å². The van der Waals surface area contributed by atoms with Gasteiger partial charge >= 0.3 is 6.18 Å². The van der Waals surface area contributed by atoms with Crippen molar-refractivity contribution in [2.75, 3.05) is 11.0 Å². The molecular formula is C8H6Cl2F3NO. The second-order valence-electron chi connectivity index (χ2n) is 2.65. The number of hydrogen-bond donors (Lipinski definition) is 0. The molecule has 0 fully saturated rings. The van der Waals surface area contributed by atoms with Gasteiger partial charge in [0.1, 0.15) is 5.75 Å². The Morgan fingerprint density at radius 3 is 2.20 bits per heavy atom. The summed E-state index contributed by atoms with van der Waals surface area (Å²) >= 11 is 10.7. The third-order valence-corrected chi connectivity index (χ3v) is 2.04. The number of alkyl halides is 3. The van der Waals surface area contributed by atoms with Crippen LogP contribution in [0.1, 0.15) is 5.56 Å². The molecule has 0 bridgehead atoms. The minimum atomic E-state index is -4.47. The Labute approximate surface area is 94.4 Å². The maximum atomic E-state index is 12.4. The molecule has 0 atom stereocenters. The molecule has 0 amide bonds. The Kier molecular flexibility index (Phi) is 3.57. The SMILES string of the molecule is COc1cc(N(Cl)Cl)cc(C(F)(F)F)c1. The zero-order valence-corrected chi connectivity index (χ0v) is 8.99. The molecule has 1 rings (SSSR count). The molecule has 0 aliphatic heterocycles. The van der Waals surface area contributed by atoms with E-state index in [0.717, 1.165) is 12.1 Å². The highest BCUT2D eigenvalue weighted by molar-refractivity contribution is 6.49. The molecule has 1 aromatic carbocycles. The summed E-state index contributed by atoms with van der Waals surface area (Å²) in [6, 6.07) is 2.97. The Bertz CT molecular complexity index is 354. The van der Waals surface area contributed by atoms with Crippen LogP contribution >= 0.6 is 23.6 Å². The Balaban J connectivity index is 3.23. The van der Waals surface area contributed by atoms with Gasteiger partial charge in [-0.1, -0.05) is 0 Å². The van der Waals surface area contributed by atoms with E-state index in [-0.39, 0.29) is 11.4 Å². The van der Waals surface area contributed by atoms with Gasteiger partial charge in [-0.05, 0) is 12.1 Å². The molecule has 84 valence electrons. The number of hydrogen-bond acceptors (Lipinski definition) is 2. The first kappa shape index (κ1) is 12.3. The summed E-state index contributed by atoms with van der Waals surface area (Å²) in [5.41, 5.74) is -0.881. The van der Waals surface area contributed by atoms with Gasteiger partial charge < -0.3 is 4.74 Å². The second kappa shape index (κ2) is 4.37. The highest BCUT2D eigenvalue weighted by Gasteiger charge is 2.31. The molecule has 0 aliphatic carbocycles. The van der Waals surface area contributed by atoms with E-state index in [2.05, 4.69) is 0 Å². The number of rotatable bonds is 2. The molecule has 0 heterocycles. The van der Waals surface area contributed by atoms with Gasteiger partial charge in [0.25, 0.3) is 0 Å². The summed E-state index contributed by atoms with van der Waals surface area (Å²) in [5.74, 6) is 0.0334. The van der Waals surface area contributed by atoms with Crippen LogP contribution in [0.15, 0.2) is 18.2 Å². The van der Waals surface area contributed by atoms with Gasteiger partial charge in [-0.2, -0.15) is 17.1 Å². The maximum absolute atomic E-state index is 12.4. The van der Waals surface area contributed by atoms with E-state index in [9.17, 15) is 13.2 Å². The van der Waals surface area contributed by atoms with Crippen LogP contribution in [-0.4, -0.2) is 7.11 Å². The topological polar surface area (TPSA) is 12.5 Å². The smallest absolute Gasteiger partial charge is 0.416 e. The highest BCUT2D eigenvalue weighted by atomic mass is 35.5. The van der Waals surface area contributed by atoms with Gasteiger partial charge in [0.15, 0.2) is 0 Å². The molecule has 0 unspecified atom stereocenters. The summed E-state index contributed by atoms with van der Waals surface area (Å²) in [7, 11) is 1.26. The Morgan fingerprint density at radius 1 is 1.20 bits per heavy atom. The predicted octanol–water partition coefficient (Wildman–Crippen LogP) is 3.83. The Morgan fingerprint density at radius 2 is 1.80 bits per heavy atom. The molecule has 2 nitrogen and oxygen atoms in total. The molecule has 0 aliphatic rings. The summed E-state index contributed by atoms with van der Waals surface area (Å²) in [4.78, 5) is 0. The largest absolute Gasteiger partial charge is 0.497 e. The normalized spacial score (nSPS) is 11.3. The monoisotopic (exact) mass is 259 g/mol. The van der Waals surface area contributed by atoms with Gasteiger partial charge in [0.2, 0.25) is 0 Å². The van der Waals surface area contributed by atoms with E-state index < -0.39 is 11.7 Å². The fourth-order valence-corrected chi connectivity index (χ4v) is 1.16. The fraction of sp³-hybridized carbons (Fsp3) is 0.250. The lowest BCUT2D eigenvalue weighted by Gasteiger charge is -2.12. The molecule has 0 radical (unpaired) electrons. The summed E-state index contributed by atoms with van der Waals surface area (Å²) < 4.78 is 42.4. The van der Waals surface area contributed by atoms with Crippen LogP contribution in [0.5, 0.6) is 5.75 Å². The van der Waals surface area contributed by atoms with Gasteiger partial charge in [-0.15, -0.1) is 0 Å². The zero-order valence-electron chi connectivity index (χ0n) is 7.48. The number of ether oxygens (including phenoxy) is 1. The third-order valence-electron chi connectivity index (χ3n) is 1.65. The summed E-state index contributed by atoms with van der Waals surface area (Å²) in [5, 5.41) is 0. The number of methoxy groups -OCH3 is 1. The second-order valence-corrected chi connectivity index (χ2v) is 3.50. The van der Waals surface area contributed by atoms with Gasteiger partial charge in [-0.25, -0.2) is 0 Å². The van der Waals surface area contributed by atoms with E-state index in [4.69, 9.17) is 28.3 Å². The first-order chi connectivity index (χ1) is 6.84. The molecule has 0 saturated carbocycles. The minimum absolute atomic E-state index is 0.00925. The van der Waals surface area contributed by atoms with Crippen molar-refractivity contribution in [2.24, 2.45) is 0 Å². The van der Waals surface area contributed by atoms with Crippen molar-refractivity contribution >= 4 is 29.2 Å². The standard InChI is InChI=1S/C8H6Cl2F3NO/c1-15-7-3-5(8(11,12)13)2-6(4-7)14(9)10/h2-4H,1H3. The molecule has 0 N–H and O–H groups in total. The molecular weight excluding hydrogens is 254 g/mol. The van der Waals surface area contributed by atoms with Crippen molar-refractivity contribution in [3.63, 3.8) is 0 Å². The van der Waals surface area contributed by atoms with Crippen molar-refractivity contribution in [3.05, 3.63) is 23.8 Å². The van der Waals surface area contributed by atoms with Crippen LogP contribution in [0.2, 0.25) is 0 Å². The highest BCUT2D eigenvalue weighted by Crippen LogP contribution is 2.35. The van der Waals surface area contributed by atoms with Crippen LogP contribution in [0.4, 0.5) is 18.9 Å². The molecule has 1 aromatic rings. The van der Waals surface area contributed by atoms with Gasteiger partial charge in [0, 0.05) is 29.6 Å². The lowest BCUT2D eigenvalue weighted by Crippen LogP contribution is -2.06. The van der Waals surface area contributed by atoms with Crippen LogP contribution in [0, 0.1) is 0 Å². The van der Waals surface area contributed by atoms with Crippen molar-refractivity contribution in [1.29, 1.82) is 0 Å². The fourth-order valence-electron chi connectivity index (χ4n) is 0.962. The van der Waals surface area contributed by atoms with E-state index >= 15 is 0 Å². The van der Waals surface area contributed by atoms with Crippen LogP contribution in [0.3, 0.4) is 0 Å². The van der Waals surface area contributed by atoms with Crippen molar-refractivity contribution in [3.8, 4) is 5.75 Å². The predicted molar refractivity (Wildman–Crippen MR) is 52.2 cm³/mol. The first-order valence-electron chi connectivity index (χ1n) is 3.72. The van der Waals surface area contributed by atoms with E-state index in [1.54, 1.807) is 0 Å². The third kappa shape index (κ3) is 3.07. The molecule has 0 aromatic heterocycles. The summed E-state index contributed by atoms with van der Waals surface area (Å²) in [6.45, 7) is 0. The molecule has 15 heavy (non-hydrogen) atoms. The number of nitrogens with zero attached hydrogens (tertiary/aromatic N) is 1. The molecule has 0 spiro atoms. The quantitative estimate of drug-likeness (QED) is 0.749. The average molecular weight is 260 g/mol. The van der Waals surface area contributed by atoms with E-state index in [1.807, 2.05) is 0 Å². The first-order valence-corrected chi connectivity index (χ1v) is 4.40. The number of anilines is 1. The van der Waals surface area contributed by atoms with Gasteiger partial charge in [-0.3, -0.25) is 0 Å². The van der Waals surface area contributed by atoms with Crippen LogP contribution in [0.25, 0.3) is 0 Å². The van der Waals surface area contributed by atoms with Crippen molar-refractivity contribution in [2.45, 2.75) is 6.18 Å². The average Bonchev–Trinajstić information content (AvgIpc) is 2.15. The number of halogens is 5. The van der Waals surface area contributed by atoms with E-state index in [0.29, 0.717) is 3.94 Å². The van der Waals surface area contributed by atoms with Crippen LogP contribution in [-0.2, 0) is 6.18 Å². The minimum Gasteiger partial charge on any atom is -0.497 e. The van der Waals surface area contributed by atoms with E-state index in [1.165, 1.54) is 13.2 Å². The summed E-state index contributed by atoms with van der Waals surface area (Å²) in [6.07, 6.45) is -4.47. The van der Waals surface area contributed by atoms with Crippen molar-refractivity contribution in [1.82, 2.24) is 0 Å². The van der Waals surface area contributed by atoms with Crippen molar-refractivity contribution < 1.29 is 17.9 Å².